The second-order valence-electron chi connectivity index (χ2n) is 6.71. The van der Waals surface area contributed by atoms with E-state index in [-0.39, 0.29) is 6.04 Å². The normalized spacial score (nSPS) is 16.3. The van der Waals surface area contributed by atoms with Crippen LogP contribution in [-0.4, -0.2) is 70.3 Å². The summed E-state index contributed by atoms with van der Waals surface area (Å²) < 4.78 is 35.2. The lowest BCUT2D eigenvalue weighted by atomic mass is 10.1. The van der Waals surface area contributed by atoms with Gasteiger partial charge in [0, 0.05) is 49.7 Å². The third kappa shape index (κ3) is 3.91. The second kappa shape index (κ2) is 7.97. The molecule has 0 unspecified atom stereocenters. The standard InChI is InChI=1S/C17H24N8O3S/c1-3-28-15-14(12-10-19-20-11-12)6-9-25-16(15)22-17(23-25)21-13-4-7-24(8-5-13)29(26,27)18-2/h6,9-11,13,18H,3-5,7-8H2,1-2H3,(H,19,20)(H,21,23). The van der Waals surface area contributed by atoms with E-state index < -0.39 is 10.2 Å². The highest BCUT2D eigenvalue weighted by Crippen LogP contribution is 2.33. The van der Waals surface area contributed by atoms with E-state index in [4.69, 9.17) is 4.74 Å². The van der Waals surface area contributed by atoms with Crippen LogP contribution < -0.4 is 14.8 Å². The van der Waals surface area contributed by atoms with Gasteiger partial charge in [0.15, 0.2) is 11.4 Å². The summed E-state index contributed by atoms with van der Waals surface area (Å²) >= 11 is 0. The highest BCUT2D eigenvalue weighted by atomic mass is 32.2. The molecule has 1 fully saturated rings. The van der Waals surface area contributed by atoms with Crippen molar-refractivity contribution < 1.29 is 13.2 Å². The van der Waals surface area contributed by atoms with E-state index in [0.717, 1.165) is 11.1 Å². The van der Waals surface area contributed by atoms with Crippen molar-refractivity contribution in [3.8, 4) is 16.9 Å². The van der Waals surface area contributed by atoms with Crippen molar-refractivity contribution in [3.05, 3.63) is 24.7 Å². The Kier molecular flexibility index (Phi) is 5.39. The summed E-state index contributed by atoms with van der Waals surface area (Å²) in [6.07, 6.45) is 6.72. The Morgan fingerprint density at radius 2 is 2.14 bits per heavy atom. The molecule has 0 spiro atoms. The van der Waals surface area contributed by atoms with Crippen molar-refractivity contribution in [2.24, 2.45) is 0 Å². The average Bonchev–Trinajstić information content (AvgIpc) is 3.38. The van der Waals surface area contributed by atoms with E-state index >= 15 is 0 Å². The van der Waals surface area contributed by atoms with Gasteiger partial charge in [-0.05, 0) is 25.8 Å². The lowest BCUT2D eigenvalue weighted by Crippen LogP contribution is -2.46. The van der Waals surface area contributed by atoms with Crippen LogP contribution in [0.2, 0.25) is 0 Å². The van der Waals surface area contributed by atoms with Crippen LogP contribution >= 0.6 is 0 Å². The average molecular weight is 420 g/mol. The van der Waals surface area contributed by atoms with Crippen LogP contribution in [0.4, 0.5) is 5.95 Å². The van der Waals surface area contributed by atoms with Gasteiger partial charge in [0.25, 0.3) is 10.2 Å². The first-order chi connectivity index (χ1) is 14.0. The van der Waals surface area contributed by atoms with E-state index in [1.54, 1.807) is 16.9 Å². The van der Waals surface area contributed by atoms with Gasteiger partial charge in [0.05, 0.1) is 12.8 Å². The number of hydrogen-bond acceptors (Lipinski definition) is 7. The van der Waals surface area contributed by atoms with Gasteiger partial charge >= 0.3 is 0 Å². The Balaban J connectivity index is 1.55. The molecule has 11 nitrogen and oxygen atoms in total. The summed E-state index contributed by atoms with van der Waals surface area (Å²) in [5.41, 5.74) is 2.41. The van der Waals surface area contributed by atoms with Crippen molar-refractivity contribution in [3.63, 3.8) is 0 Å². The van der Waals surface area contributed by atoms with Crippen molar-refractivity contribution >= 4 is 21.8 Å². The van der Waals surface area contributed by atoms with Gasteiger partial charge < -0.3 is 10.1 Å². The molecule has 3 N–H and O–H groups in total. The number of ether oxygens (including phenoxy) is 1. The number of H-pyrrole nitrogens is 1. The molecule has 3 aromatic rings. The maximum atomic E-state index is 11.9. The number of rotatable bonds is 7. The minimum absolute atomic E-state index is 0.0969. The fourth-order valence-corrected chi connectivity index (χ4v) is 4.40. The van der Waals surface area contributed by atoms with Crippen molar-refractivity contribution in [2.45, 2.75) is 25.8 Å². The Labute approximate surface area is 168 Å². The molecular weight excluding hydrogens is 396 g/mol. The number of nitrogens with zero attached hydrogens (tertiary/aromatic N) is 5. The summed E-state index contributed by atoms with van der Waals surface area (Å²) in [5.74, 6) is 1.14. The molecule has 0 amide bonds. The molecule has 1 saturated heterocycles. The van der Waals surface area contributed by atoms with Gasteiger partial charge in [-0.25, -0.2) is 9.24 Å². The minimum Gasteiger partial charge on any atom is -0.489 e. The molecule has 12 heteroatoms. The fourth-order valence-electron chi connectivity index (χ4n) is 3.45. The molecule has 0 radical (unpaired) electrons. The zero-order chi connectivity index (χ0) is 20.4. The van der Waals surface area contributed by atoms with Crippen LogP contribution in [0.15, 0.2) is 24.7 Å². The van der Waals surface area contributed by atoms with Crippen LogP contribution in [-0.2, 0) is 10.2 Å². The molecule has 0 aromatic carbocycles. The highest BCUT2D eigenvalue weighted by molar-refractivity contribution is 7.87. The largest absolute Gasteiger partial charge is 0.489 e. The van der Waals surface area contributed by atoms with Gasteiger partial charge in [-0.15, -0.1) is 5.10 Å². The Bertz CT molecular complexity index is 1070. The molecule has 0 atom stereocenters. The van der Waals surface area contributed by atoms with E-state index in [2.05, 4.69) is 30.3 Å². The quantitative estimate of drug-likeness (QED) is 0.517. The topological polar surface area (TPSA) is 130 Å². The van der Waals surface area contributed by atoms with E-state index in [9.17, 15) is 8.42 Å². The number of fused-ring (bicyclic) bond motifs is 1. The zero-order valence-electron chi connectivity index (χ0n) is 16.3. The summed E-state index contributed by atoms with van der Waals surface area (Å²) in [5, 5.41) is 14.6. The third-order valence-electron chi connectivity index (χ3n) is 4.94. The Morgan fingerprint density at radius 3 is 2.79 bits per heavy atom. The van der Waals surface area contributed by atoms with Crippen molar-refractivity contribution in [2.75, 3.05) is 32.1 Å². The van der Waals surface area contributed by atoms with Crippen molar-refractivity contribution in [1.29, 1.82) is 0 Å². The number of nitrogens with one attached hydrogen (secondary N) is 3. The fraction of sp³-hybridized carbons (Fsp3) is 0.471. The molecule has 0 saturated carbocycles. The third-order valence-corrected chi connectivity index (χ3v) is 6.51. The number of hydrogen-bond donors (Lipinski definition) is 3. The molecule has 4 rings (SSSR count). The highest BCUT2D eigenvalue weighted by Gasteiger charge is 2.27. The lowest BCUT2D eigenvalue weighted by Gasteiger charge is -2.30. The molecule has 4 heterocycles. The predicted molar refractivity (Wildman–Crippen MR) is 108 cm³/mol. The van der Waals surface area contributed by atoms with Gasteiger partial charge in [-0.1, -0.05) is 0 Å². The number of pyridine rings is 1. The van der Waals surface area contributed by atoms with E-state index in [1.807, 2.05) is 19.2 Å². The Hall–Kier alpha value is -2.70. The van der Waals surface area contributed by atoms with Crippen LogP contribution in [0.1, 0.15) is 19.8 Å². The molecule has 1 aliphatic heterocycles. The van der Waals surface area contributed by atoms with Gasteiger partial charge in [0.2, 0.25) is 5.95 Å². The molecule has 0 aliphatic carbocycles. The molecule has 29 heavy (non-hydrogen) atoms. The number of piperidine rings is 1. The zero-order valence-corrected chi connectivity index (χ0v) is 17.1. The summed E-state index contributed by atoms with van der Waals surface area (Å²) in [7, 11) is -1.96. The van der Waals surface area contributed by atoms with Crippen molar-refractivity contribution in [1.82, 2.24) is 33.8 Å². The first kappa shape index (κ1) is 19.6. The predicted octanol–water partition coefficient (Wildman–Crippen LogP) is 0.859. The summed E-state index contributed by atoms with van der Waals surface area (Å²) in [4.78, 5) is 4.62. The van der Waals surface area contributed by atoms with E-state index in [1.165, 1.54) is 11.4 Å². The summed E-state index contributed by atoms with van der Waals surface area (Å²) in [6, 6.07) is 2.02. The van der Waals surface area contributed by atoms with E-state index in [0.29, 0.717) is 49.9 Å². The van der Waals surface area contributed by atoms with Crippen LogP contribution in [0.5, 0.6) is 5.75 Å². The van der Waals surface area contributed by atoms with Gasteiger partial charge in [-0.2, -0.15) is 22.8 Å². The maximum Gasteiger partial charge on any atom is 0.279 e. The smallest absolute Gasteiger partial charge is 0.279 e. The van der Waals surface area contributed by atoms with Gasteiger partial charge in [0.1, 0.15) is 0 Å². The first-order valence-corrected chi connectivity index (χ1v) is 10.9. The lowest BCUT2D eigenvalue weighted by molar-refractivity contribution is 0.326. The molecule has 3 aromatic heterocycles. The van der Waals surface area contributed by atoms with Crippen LogP contribution in [0.25, 0.3) is 16.8 Å². The summed E-state index contributed by atoms with van der Waals surface area (Å²) in [6.45, 7) is 3.32. The SMILES string of the molecule is CCOc1c(-c2cn[nH]c2)ccn2nc(NC3CCN(S(=O)(=O)NC)CC3)nc12. The second-order valence-corrected chi connectivity index (χ2v) is 8.58. The molecule has 1 aliphatic rings. The first-order valence-electron chi connectivity index (χ1n) is 9.48. The van der Waals surface area contributed by atoms with Gasteiger partial charge in [-0.3, -0.25) is 5.10 Å². The maximum absolute atomic E-state index is 11.9. The number of anilines is 1. The molecular formula is C17H24N8O3S. The van der Waals surface area contributed by atoms with Crippen LogP contribution in [0, 0.1) is 0 Å². The molecule has 0 bridgehead atoms. The molecule has 156 valence electrons. The monoisotopic (exact) mass is 420 g/mol. The Morgan fingerprint density at radius 1 is 1.34 bits per heavy atom. The number of aromatic amines is 1. The minimum atomic E-state index is -3.38. The number of aromatic nitrogens is 5. The van der Waals surface area contributed by atoms with Crippen LogP contribution in [0.3, 0.4) is 0 Å².